The third-order valence-corrected chi connectivity index (χ3v) is 3.77. The smallest absolute Gasteiger partial charge is 0.139 e. The topological polar surface area (TPSA) is 34.2 Å². The first-order valence-corrected chi connectivity index (χ1v) is 7.27. The monoisotopic (exact) mass is 256 g/mol. The van der Waals surface area contributed by atoms with E-state index in [1.807, 2.05) is 12.3 Å². The molecule has 1 aromatic rings. The van der Waals surface area contributed by atoms with E-state index in [4.69, 9.17) is 4.74 Å². The number of pyridine rings is 1. The van der Waals surface area contributed by atoms with Crippen molar-refractivity contribution in [1.29, 1.82) is 0 Å². The number of nitrogens with zero attached hydrogens (tertiary/aromatic N) is 1. The standard InChI is InChI=1S/C16H20N2O/c1-2-6-15(5-1)19-16-10-13(11-17-12-16)7-8-14-4-3-9-18-14/h10-12,14-15,18H,1-6,9H2/t14-/m0/s1. The molecule has 100 valence electrons. The zero-order chi connectivity index (χ0) is 12.9. The molecular weight excluding hydrogens is 236 g/mol. The van der Waals surface area contributed by atoms with Crippen LogP contribution in [0, 0.1) is 11.8 Å². The lowest BCUT2D eigenvalue weighted by atomic mass is 10.2. The highest BCUT2D eigenvalue weighted by Crippen LogP contribution is 2.23. The Hall–Kier alpha value is -1.53. The molecule has 3 heteroatoms. The van der Waals surface area contributed by atoms with Crippen LogP contribution < -0.4 is 10.1 Å². The first kappa shape index (κ1) is 12.5. The highest BCUT2D eigenvalue weighted by atomic mass is 16.5. The molecule has 2 heterocycles. The van der Waals surface area contributed by atoms with Crippen LogP contribution in [0.5, 0.6) is 5.75 Å². The highest BCUT2D eigenvalue weighted by Gasteiger charge is 2.16. The lowest BCUT2D eigenvalue weighted by Crippen LogP contribution is -2.18. The lowest BCUT2D eigenvalue weighted by molar-refractivity contribution is 0.209. The molecule has 0 bridgehead atoms. The zero-order valence-electron chi connectivity index (χ0n) is 11.2. The van der Waals surface area contributed by atoms with Gasteiger partial charge in [-0.25, -0.2) is 0 Å². The van der Waals surface area contributed by atoms with Crippen molar-refractivity contribution in [1.82, 2.24) is 10.3 Å². The fourth-order valence-electron chi connectivity index (χ4n) is 2.73. The number of rotatable bonds is 2. The van der Waals surface area contributed by atoms with Gasteiger partial charge in [0.05, 0.1) is 18.3 Å². The van der Waals surface area contributed by atoms with Gasteiger partial charge in [-0.1, -0.05) is 11.8 Å². The van der Waals surface area contributed by atoms with Gasteiger partial charge in [0.2, 0.25) is 0 Å². The number of aromatic nitrogens is 1. The van der Waals surface area contributed by atoms with Crippen molar-refractivity contribution in [3.63, 3.8) is 0 Å². The van der Waals surface area contributed by atoms with Gasteiger partial charge in [0, 0.05) is 11.8 Å². The molecule has 1 saturated heterocycles. The van der Waals surface area contributed by atoms with E-state index in [0.717, 1.165) is 24.3 Å². The maximum absolute atomic E-state index is 5.94. The number of ether oxygens (including phenoxy) is 1. The molecule has 0 radical (unpaired) electrons. The Kier molecular flexibility index (Phi) is 4.00. The van der Waals surface area contributed by atoms with Crippen LogP contribution in [0.4, 0.5) is 0 Å². The second kappa shape index (κ2) is 6.08. The number of nitrogens with one attached hydrogen (secondary N) is 1. The van der Waals surface area contributed by atoms with Gasteiger partial charge < -0.3 is 10.1 Å². The molecule has 3 nitrogen and oxygen atoms in total. The van der Waals surface area contributed by atoms with Gasteiger partial charge in [0.25, 0.3) is 0 Å². The van der Waals surface area contributed by atoms with Crippen LogP contribution in [0.3, 0.4) is 0 Å². The largest absolute Gasteiger partial charge is 0.489 e. The minimum Gasteiger partial charge on any atom is -0.489 e. The Morgan fingerprint density at radius 1 is 1.16 bits per heavy atom. The summed E-state index contributed by atoms with van der Waals surface area (Å²) in [5.74, 6) is 7.32. The number of hydrogen-bond donors (Lipinski definition) is 1. The van der Waals surface area contributed by atoms with E-state index >= 15 is 0 Å². The summed E-state index contributed by atoms with van der Waals surface area (Å²) in [5.41, 5.74) is 0.948. The molecule has 2 aliphatic rings. The van der Waals surface area contributed by atoms with Gasteiger partial charge in [-0.2, -0.15) is 0 Å². The molecule has 19 heavy (non-hydrogen) atoms. The first-order valence-electron chi connectivity index (χ1n) is 7.27. The third kappa shape index (κ3) is 3.48. The summed E-state index contributed by atoms with van der Waals surface area (Å²) in [4.78, 5) is 4.22. The lowest BCUT2D eigenvalue weighted by Gasteiger charge is -2.12. The van der Waals surface area contributed by atoms with E-state index in [9.17, 15) is 0 Å². The summed E-state index contributed by atoms with van der Waals surface area (Å²) < 4.78 is 5.94. The average Bonchev–Trinajstić information content (AvgIpc) is 3.10. The maximum Gasteiger partial charge on any atom is 0.139 e. The van der Waals surface area contributed by atoms with Crippen LogP contribution in [-0.2, 0) is 0 Å². The van der Waals surface area contributed by atoms with Gasteiger partial charge in [0.1, 0.15) is 5.75 Å². The van der Waals surface area contributed by atoms with E-state index < -0.39 is 0 Å². The maximum atomic E-state index is 5.94. The van der Waals surface area contributed by atoms with E-state index in [2.05, 4.69) is 22.1 Å². The summed E-state index contributed by atoms with van der Waals surface area (Å²) in [5, 5.41) is 3.37. The molecule has 1 N–H and O–H groups in total. The summed E-state index contributed by atoms with van der Waals surface area (Å²) in [6.45, 7) is 1.09. The summed E-state index contributed by atoms with van der Waals surface area (Å²) in [7, 11) is 0. The van der Waals surface area contributed by atoms with Gasteiger partial charge in [-0.15, -0.1) is 0 Å². The van der Waals surface area contributed by atoms with Crippen LogP contribution >= 0.6 is 0 Å². The quantitative estimate of drug-likeness (QED) is 0.826. The fourth-order valence-corrected chi connectivity index (χ4v) is 2.73. The Morgan fingerprint density at radius 2 is 2.05 bits per heavy atom. The molecule has 0 aromatic carbocycles. The number of hydrogen-bond acceptors (Lipinski definition) is 3. The van der Waals surface area contributed by atoms with Crippen LogP contribution in [0.25, 0.3) is 0 Å². The van der Waals surface area contributed by atoms with Crippen molar-refractivity contribution in [2.75, 3.05) is 6.54 Å². The Bertz CT molecular complexity index is 477. The van der Waals surface area contributed by atoms with Crippen LogP contribution in [-0.4, -0.2) is 23.7 Å². The minimum atomic E-state index is 0.347. The molecule has 0 unspecified atom stereocenters. The minimum absolute atomic E-state index is 0.347. The van der Waals surface area contributed by atoms with Gasteiger partial charge in [0.15, 0.2) is 0 Å². The van der Waals surface area contributed by atoms with Gasteiger partial charge >= 0.3 is 0 Å². The van der Waals surface area contributed by atoms with E-state index in [-0.39, 0.29) is 0 Å². The molecular formula is C16H20N2O. The fraction of sp³-hybridized carbons (Fsp3) is 0.562. The molecule has 0 amide bonds. The van der Waals surface area contributed by atoms with Crippen LogP contribution in [0.2, 0.25) is 0 Å². The van der Waals surface area contributed by atoms with E-state index in [1.54, 1.807) is 6.20 Å². The third-order valence-electron chi connectivity index (χ3n) is 3.77. The summed E-state index contributed by atoms with van der Waals surface area (Å²) in [6, 6.07) is 2.35. The van der Waals surface area contributed by atoms with Crippen molar-refractivity contribution < 1.29 is 4.74 Å². The Labute approximate surface area is 114 Å². The van der Waals surface area contributed by atoms with Crippen LogP contribution in [0.1, 0.15) is 44.1 Å². The van der Waals surface area contributed by atoms with Crippen molar-refractivity contribution >= 4 is 0 Å². The average molecular weight is 256 g/mol. The Balaban J connectivity index is 1.64. The van der Waals surface area contributed by atoms with Crippen LogP contribution in [0.15, 0.2) is 18.5 Å². The Morgan fingerprint density at radius 3 is 2.84 bits per heavy atom. The summed E-state index contributed by atoms with van der Waals surface area (Å²) in [6.07, 6.45) is 11.3. The molecule has 1 atom stereocenters. The zero-order valence-corrected chi connectivity index (χ0v) is 11.2. The molecule has 1 aromatic heterocycles. The molecule has 3 rings (SSSR count). The molecule has 1 aliphatic heterocycles. The molecule has 1 saturated carbocycles. The van der Waals surface area contributed by atoms with Crippen molar-refractivity contribution in [2.45, 2.75) is 50.7 Å². The van der Waals surface area contributed by atoms with Crippen molar-refractivity contribution in [3.05, 3.63) is 24.0 Å². The van der Waals surface area contributed by atoms with Gasteiger partial charge in [-0.05, 0) is 51.1 Å². The predicted molar refractivity (Wildman–Crippen MR) is 75.0 cm³/mol. The van der Waals surface area contributed by atoms with Crippen molar-refractivity contribution in [3.8, 4) is 17.6 Å². The first-order chi connectivity index (χ1) is 9.40. The summed E-state index contributed by atoms with van der Waals surface area (Å²) >= 11 is 0. The molecule has 2 fully saturated rings. The normalized spacial score (nSPS) is 23.1. The molecule has 1 aliphatic carbocycles. The van der Waals surface area contributed by atoms with Gasteiger partial charge in [-0.3, -0.25) is 4.98 Å². The second-order valence-corrected chi connectivity index (χ2v) is 5.35. The van der Waals surface area contributed by atoms with E-state index in [1.165, 1.54) is 32.1 Å². The molecule has 0 spiro atoms. The second-order valence-electron chi connectivity index (χ2n) is 5.35. The van der Waals surface area contributed by atoms with Crippen molar-refractivity contribution in [2.24, 2.45) is 0 Å². The highest BCUT2D eigenvalue weighted by molar-refractivity contribution is 5.37. The SMILES string of the molecule is C(#C[C@@H]1CCCN1)c1cncc(OC2CCCC2)c1. The predicted octanol–water partition coefficient (Wildman–Crippen LogP) is 2.51. The van der Waals surface area contributed by atoms with E-state index in [0.29, 0.717) is 12.1 Å².